The van der Waals surface area contributed by atoms with Crippen LogP contribution in [-0.4, -0.2) is 13.3 Å². The Morgan fingerprint density at radius 1 is 1.47 bits per heavy atom. The topological polar surface area (TPSA) is 45.4 Å². The number of benzene rings is 1. The van der Waals surface area contributed by atoms with E-state index in [0.29, 0.717) is 11.5 Å². The highest BCUT2D eigenvalue weighted by atomic mass is 16.6. The van der Waals surface area contributed by atoms with Crippen LogP contribution in [0.25, 0.3) is 0 Å². The van der Waals surface area contributed by atoms with E-state index >= 15 is 0 Å². The highest BCUT2D eigenvalue weighted by molar-refractivity contribution is 5.85. The quantitative estimate of drug-likeness (QED) is 0.558. The highest BCUT2D eigenvalue weighted by Crippen LogP contribution is 2.20. The molecule has 0 aliphatic carbocycles. The van der Waals surface area contributed by atoms with Gasteiger partial charge in [-0.1, -0.05) is 31.1 Å². The minimum absolute atomic E-state index is 0.358. The van der Waals surface area contributed by atoms with Gasteiger partial charge in [0.2, 0.25) is 0 Å². The molecule has 1 aromatic rings. The standard InChI is InChI=1S/C12H14N2O/c1-9(2)11-6-4-5-10(7-13)12(11)8-14-15-3/h4-6,8-9H,1-3H3/b14-8+. The Bertz CT molecular complexity index is 403. The second-order valence-corrected chi connectivity index (χ2v) is 3.49. The summed E-state index contributed by atoms with van der Waals surface area (Å²) in [6.45, 7) is 4.17. The summed E-state index contributed by atoms with van der Waals surface area (Å²) in [6.07, 6.45) is 1.59. The molecule has 1 aromatic carbocycles. The van der Waals surface area contributed by atoms with Gasteiger partial charge in [-0.2, -0.15) is 5.26 Å². The van der Waals surface area contributed by atoms with Crippen LogP contribution >= 0.6 is 0 Å². The van der Waals surface area contributed by atoms with Crippen molar-refractivity contribution in [2.75, 3.05) is 7.11 Å². The molecule has 0 spiro atoms. The van der Waals surface area contributed by atoms with E-state index in [2.05, 4.69) is 29.9 Å². The number of nitrogens with zero attached hydrogens (tertiary/aromatic N) is 2. The number of oxime groups is 1. The lowest BCUT2D eigenvalue weighted by molar-refractivity contribution is 0.215. The second-order valence-electron chi connectivity index (χ2n) is 3.49. The van der Waals surface area contributed by atoms with Crippen molar-refractivity contribution in [2.24, 2.45) is 5.16 Å². The van der Waals surface area contributed by atoms with Crippen molar-refractivity contribution in [2.45, 2.75) is 19.8 Å². The van der Waals surface area contributed by atoms with Crippen molar-refractivity contribution in [1.82, 2.24) is 0 Å². The molecule has 3 nitrogen and oxygen atoms in total. The van der Waals surface area contributed by atoms with Crippen molar-refractivity contribution < 1.29 is 4.84 Å². The maximum atomic E-state index is 8.97. The van der Waals surface area contributed by atoms with Crippen LogP contribution in [0.4, 0.5) is 0 Å². The molecule has 0 bridgehead atoms. The molecule has 15 heavy (non-hydrogen) atoms. The van der Waals surface area contributed by atoms with E-state index in [-0.39, 0.29) is 0 Å². The first-order valence-corrected chi connectivity index (χ1v) is 4.80. The molecule has 0 amide bonds. The summed E-state index contributed by atoms with van der Waals surface area (Å²) < 4.78 is 0. The minimum Gasteiger partial charge on any atom is -0.399 e. The van der Waals surface area contributed by atoms with Gasteiger partial charge in [0.15, 0.2) is 0 Å². The third-order valence-electron chi connectivity index (χ3n) is 2.17. The SMILES string of the molecule is CO/N=C/c1c(C#N)cccc1C(C)C. The van der Waals surface area contributed by atoms with Gasteiger partial charge in [0.1, 0.15) is 7.11 Å². The van der Waals surface area contributed by atoms with Crippen LogP contribution in [0.15, 0.2) is 23.4 Å². The molecule has 78 valence electrons. The molecular weight excluding hydrogens is 188 g/mol. The van der Waals surface area contributed by atoms with Gasteiger partial charge in [0.05, 0.1) is 17.8 Å². The summed E-state index contributed by atoms with van der Waals surface area (Å²) in [5, 5.41) is 12.7. The Hall–Kier alpha value is -1.82. The van der Waals surface area contributed by atoms with Gasteiger partial charge in [-0.05, 0) is 17.5 Å². The Kier molecular flexibility index (Phi) is 3.87. The van der Waals surface area contributed by atoms with Crippen molar-refractivity contribution >= 4 is 6.21 Å². The molecule has 0 aromatic heterocycles. The molecule has 0 saturated heterocycles. The van der Waals surface area contributed by atoms with Crippen LogP contribution in [0.1, 0.15) is 36.5 Å². The fourth-order valence-electron chi connectivity index (χ4n) is 1.43. The maximum Gasteiger partial charge on any atom is 0.106 e. The molecule has 0 aliphatic heterocycles. The average molecular weight is 202 g/mol. The molecular formula is C12H14N2O. The molecule has 0 saturated carbocycles. The van der Waals surface area contributed by atoms with Gasteiger partial charge >= 0.3 is 0 Å². The summed E-state index contributed by atoms with van der Waals surface area (Å²) in [7, 11) is 1.49. The fourth-order valence-corrected chi connectivity index (χ4v) is 1.43. The predicted octanol–water partition coefficient (Wildman–Crippen LogP) is 2.66. The Balaban J connectivity index is 3.28. The van der Waals surface area contributed by atoms with E-state index in [1.165, 1.54) is 7.11 Å². The third kappa shape index (κ3) is 2.57. The largest absolute Gasteiger partial charge is 0.399 e. The van der Waals surface area contributed by atoms with Crippen molar-refractivity contribution in [3.8, 4) is 6.07 Å². The molecule has 0 aliphatic rings. The smallest absolute Gasteiger partial charge is 0.106 e. The van der Waals surface area contributed by atoms with Crippen LogP contribution in [0, 0.1) is 11.3 Å². The van der Waals surface area contributed by atoms with Crippen molar-refractivity contribution in [1.29, 1.82) is 5.26 Å². The summed E-state index contributed by atoms with van der Waals surface area (Å²) in [6, 6.07) is 7.82. The van der Waals surface area contributed by atoms with Crippen molar-refractivity contribution in [3.63, 3.8) is 0 Å². The monoisotopic (exact) mass is 202 g/mol. The van der Waals surface area contributed by atoms with Crippen LogP contribution in [0.3, 0.4) is 0 Å². The Morgan fingerprint density at radius 2 is 2.20 bits per heavy atom. The number of rotatable bonds is 3. The zero-order valence-electron chi connectivity index (χ0n) is 9.19. The lowest BCUT2D eigenvalue weighted by Crippen LogP contribution is -1.99. The summed E-state index contributed by atoms with van der Waals surface area (Å²) >= 11 is 0. The van der Waals surface area contributed by atoms with Crippen LogP contribution in [0.5, 0.6) is 0 Å². The molecule has 1 rings (SSSR count). The van der Waals surface area contributed by atoms with Gasteiger partial charge in [-0.15, -0.1) is 0 Å². The van der Waals surface area contributed by atoms with Crippen LogP contribution in [-0.2, 0) is 4.84 Å². The first kappa shape index (κ1) is 11.3. The first-order valence-electron chi connectivity index (χ1n) is 4.80. The van der Waals surface area contributed by atoms with E-state index in [9.17, 15) is 0 Å². The Labute approximate surface area is 90.0 Å². The van der Waals surface area contributed by atoms with Crippen molar-refractivity contribution in [3.05, 3.63) is 34.9 Å². The van der Waals surface area contributed by atoms with Gasteiger partial charge in [0.25, 0.3) is 0 Å². The Morgan fingerprint density at radius 3 is 2.73 bits per heavy atom. The third-order valence-corrected chi connectivity index (χ3v) is 2.17. The summed E-state index contributed by atoms with van der Waals surface area (Å²) in [4.78, 5) is 4.64. The molecule has 0 fully saturated rings. The van der Waals surface area contributed by atoms with Gasteiger partial charge in [0, 0.05) is 5.56 Å². The lowest BCUT2D eigenvalue weighted by Gasteiger charge is -2.10. The maximum absolute atomic E-state index is 8.97. The molecule has 0 radical (unpaired) electrons. The van der Waals surface area contributed by atoms with Gasteiger partial charge in [-0.3, -0.25) is 0 Å². The number of hydrogen-bond acceptors (Lipinski definition) is 3. The summed E-state index contributed by atoms with van der Waals surface area (Å²) in [5.74, 6) is 0.358. The van der Waals surface area contributed by atoms with E-state index in [1.807, 2.05) is 12.1 Å². The van der Waals surface area contributed by atoms with Gasteiger partial charge < -0.3 is 4.84 Å². The van der Waals surface area contributed by atoms with E-state index < -0.39 is 0 Å². The molecule has 0 N–H and O–H groups in total. The number of nitriles is 1. The number of hydrogen-bond donors (Lipinski definition) is 0. The summed E-state index contributed by atoms with van der Waals surface area (Å²) in [5.41, 5.74) is 2.58. The molecule has 0 heterocycles. The van der Waals surface area contributed by atoms with E-state index in [4.69, 9.17) is 5.26 Å². The van der Waals surface area contributed by atoms with Crippen LogP contribution in [0.2, 0.25) is 0 Å². The fraction of sp³-hybridized carbons (Fsp3) is 0.333. The average Bonchev–Trinajstić information content (AvgIpc) is 2.25. The lowest BCUT2D eigenvalue weighted by atomic mass is 9.94. The second kappa shape index (κ2) is 5.16. The molecule has 0 atom stereocenters. The zero-order chi connectivity index (χ0) is 11.3. The normalized spacial score (nSPS) is 10.6. The highest BCUT2D eigenvalue weighted by Gasteiger charge is 2.08. The molecule has 0 unspecified atom stereocenters. The van der Waals surface area contributed by atoms with Crippen LogP contribution < -0.4 is 0 Å². The van der Waals surface area contributed by atoms with E-state index in [0.717, 1.165) is 11.1 Å². The zero-order valence-corrected chi connectivity index (χ0v) is 9.19. The first-order chi connectivity index (χ1) is 7.20. The predicted molar refractivity (Wildman–Crippen MR) is 59.8 cm³/mol. The minimum atomic E-state index is 0.358. The van der Waals surface area contributed by atoms with Gasteiger partial charge in [-0.25, -0.2) is 0 Å². The van der Waals surface area contributed by atoms with E-state index in [1.54, 1.807) is 12.3 Å². The molecule has 3 heteroatoms.